The van der Waals surface area contributed by atoms with Gasteiger partial charge in [-0.15, -0.1) is 0 Å². The summed E-state index contributed by atoms with van der Waals surface area (Å²) in [7, 11) is 0. The number of aromatic nitrogens is 1. The van der Waals surface area contributed by atoms with Crippen LogP contribution >= 0.6 is 11.6 Å². The van der Waals surface area contributed by atoms with Crippen molar-refractivity contribution in [2.75, 3.05) is 11.1 Å². The van der Waals surface area contributed by atoms with Gasteiger partial charge in [-0.25, -0.2) is 4.98 Å². The molecular weight excluding hydrogens is 286 g/mol. The Morgan fingerprint density at radius 2 is 2.10 bits per heavy atom. The molecule has 2 aromatic rings. The van der Waals surface area contributed by atoms with Crippen LogP contribution in [0.5, 0.6) is 0 Å². The predicted octanol–water partition coefficient (Wildman–Crippen LogP) is 3.83. The number of nitrogens with zero attached hydrogens (tertiary/aromatic N) is 1. The first kappa shape index (κ1) is 15.3. The van der Waals surface area contributed by atoms with Crippen LogP contribution in [0.25, 0.3) is 0 Å². The molecule has 0 aliphatic heterocycles. The van der Waals surface area contributed by atoms with Gasteiger partial charge in [-0.2, -0.15) is 0 Å². The number of rotatable bonds is 4. The number of carbonyl (C=O) groups is 1. The highest BCUT2D eigenvalue weighted by Crippen LogP contribution is 2.21. The maximum absolute atomic E-state index is 12.3. The molecule has 0 saturated heterocycles. The monoisotopic (exact) mass is 303 g/mol. The SMILES string of the molecule is CCCc1cc(C(=O)Nc2cc(Cl)ccc2C)cc(N)n1. The molecule has 110 valence electrons. The molecule has 21 heavy (non-hydrogen) atoms. The van der Waals surface area contributed by atoms with E-state index in [-0.39, 0.29) is 5.91 Å². The van der Waals surface area contributed by atoms with Crippen molar-refractivity contribution in [3.8, 4) is 0 Å². The standard InChI is InChI=1S/C16H18ClN3O/c1-3-4-13-7-11(8-15(18)19-13)16(21)20-14-9-12(17)6-5-10(14)2/h5-9H,3-4H2,1-2H3,(H2,18,19)(H,20,21). The number of amides is 1. The molecule has 0 atom stereocenters. The van der Waals surface area contributed by atoms with E-state index < -0.39 is 0 Å². The van der Waals surface area contributed by atoms with E-state index >= 15 is 0 Å². The van der Waals surface area contributed by atoms with Crippen LogP contribution < -0.4 is 11.1 Å². The van der Waals surface area contributed by atoms with Crippen LogP contribution in [-0.4, -0.2) is 10.9 Å². The molecule has 0 fully saturated rings. The molecule has 5 heteroatoms. The van der Waals surface area contributed by atoms with E-state index in [0.717, 1.165) is 24.1 Å². The number of hydrogen-bond donors (Lipinski definition) is 2. The summed E-state index contributed by atoms with van der Waals surface area (Å²) in [6, 6.07) is 8.73. The Balaban J connectivity index is 2.25. The molecule has 0 unspecified atom stereocenters. The first-order valence-electron chi connectivity index (χ1n) is 6.83. The zero-order valence-electron chi connectivity index (χ0n) is 12.1. The molecule has 0 radical (unpaired) electrons. The Morgan fingerprint density at radius 1 is 1.33 bits per heavy atom. The summed E-state index contributed by atoms with van der Waals surface area (Å²) < 4.78 is 0. The Kier molecular flexibility index (Phi) is 4.81. The van der Waals surface area contributed by atoms with Crippen molar-refractivity contribution in [2.24, 2.45) is 0 Å². The molecule has 0 spiro atoms. The van der Waals surface area contributed by atoms with Gasteiger partial charge in [-0.05, 0) is 43.2 Å². The number of benzene rings is 1. The smallest absolute Gasteiger partial charge is 0.255 e. The highest BCUT2D eigenvalue weighted by Gasteiger charge is 2.11. The number of anilines is 2. The minimum atomic E-state index is -0.216. The predicted molar refractivity (Wildman–Crippen MR) is 86.8 cm³/mol. The van der Waals surface area contributed by atoms with Crippen LogP contribution in [0.3, 0.4) is 0 Å². The first-order valence-corrected chi connectivity index (χ1v) is 7.21. The van der Waals surface area contributed by atoms with E-state index in [1.165, 1.54) is 0 Å². The fraction of sp³-hybridized carbons (Fsp3) is 0.250. The molecule has 0 saturated carbocycles. The minimum absolute atomic E-state index is 0.216. The van der Waals surface area contributed by atoms with Crippen molar-refractivity contribution in [2.45, 2.75) is 26.7 Å². The lowest BCUT2D eigenvalue weighted by Crippen LogP contribution is -2.14. The molecule has 1 aromatic carbocycles. The third-order valence-corrected chi connectivity index (χ3v) is 3.35. The fourth-order valence-electron chi connectivity index (χ4n) is 2.05. The molecule has 2 rings (SSSR count). The van der Waals surface area contributed by atoms with E-state index in [0.29, 0.717) is 22.1 Å². The average molecular weight is 304 g/mol. The number of aryl methyl sites for hydroxylation is 2. The lowest BCUT2D eigenvalue weighted by atomic mass is 10.1. The largest absolute Gasteiger partial charge is 0.384 e. The van der Waals surface area contributed by atoms with Crippen LogP contribution in [-0.2, 0) is 6.42 Å². The number of nitrogens with two attached hydrogens (primary N) is 1. The van der Waals surface area contributed by atoms with Gasteiger partial charge < -0.3 is 11.1 Å². The van der Waals surface area contributed by atoms with Gasteiger partial charge in [0.1, 0.15) is 5.82 Å². The maximum atomic E-state index is 12.3. The van der Waals surface area contributed by atoms with E-state index in [9.17, 15) is 4.79 Å². The van der Waals surface area contributed by atoms with Crippen molar-refractivity contribution in [3.05, 3.63) is 52.2 Å². The highest BCUT2D eigenvalue weighted by atomic mass is 35.5. The van der Waals surface area contributed by atoms with Crippen LogP contribution in [0, 0.1) is 6.92 Å². The second kappa shape index (κ2) is 6.59. The van der Waals surface area contributed by atoms with Crippen molar-refractivity contribution >= 4 is 29.0 Å². The van der Waals surface area contributed by atoms with Crippen LogP contribution in [0.1, 0.15) is 35.0 Å². The number of halogens is 1. The van der Waals surface area contributed by atoms with Gasteiger partial charge in [0.15, 0.2) is 0 Å². The van der Waals surface area contributed by atoms with Gasteiger partial charge >= 0.3 is 0 Å². The molecule has 1 heterocycles. The Hall–Kier alpha value is -2.07. The van der Waals surface area contributed by atoms with Crippen molar-refractivity contribution in [3.63, 3.8) is 0 Å². The molecular formula is C16H18ClN3O. The molecule has 0 bridgehead atoms. The zero-order valence-corrected chi connectivity index (χ0v) is 12.9. The van der Waals surface area contributed by atoms with E-state index in [1.807, 2.05) is 13.0 Å². The summed E-state index contributed by atoms with van der Waals surface area (Å²) in [5.74, 6) is 0.140. The second-order valence-corrected chi connectivity index (χ2v) is 5.37. The van der Waals surface area contributed by atoms with Gasteiger partial charge in [0.25, 0.3) is 5.91 Å². The van der Waals surface area contributed by atoms with E-state index in [2.05, 4.69) is 17.2 Å². The van der Waals surface area contributed by atoms with Gasteiger partial charge in [0.05, 0.1) is 0 Å². The summed E-state index contributed by atoms with van der Waals surface area (Å²) in [5.41, 5.74) is 8.73. The summed E-state index contributed by atoms with van der Waals surface area (Å²) in [5, 5.41) is 3.44. The average Bonchev–Trinajstić information content (AvgIpc) is 2.42. The van der Waals surface area contributed by atoms with Crippen LogP contribution in [0.2, 0.25) is 5.02 Å². The van der Waals surface area contributed by atoms with Crippen molar-refractivity contribution in [1.82, 2.24) is 4.98 Å². The van der Waals surface area contributed by atoms with Crippen LogP contribution in [0.15, 0.2) is 30.3 Å². The Labute approximate surface area is 129 Å². The molecule has 3 N–H and O–H groups in total. The van der Waals surface area contributed by atoms with Crippen molar-refractivity contribution < 1.29 is 4.79 Å². The minimum Gasteiger partial charge on any atom is -0.384 e. The maximum Gasteiger partial charge on any atom is 0.255 e. The summed E-state index contributed by atoms with van der Waals surface area (Å²) in [6.07, 6.45) is 1.74. The lowest BCUT2D eigenvalue weighted by molar-refractivity contribution is 0.102. The zero-order chi connectivity index (χ0) is 15.4. The van der Waals surface area contributed by atoms with Gasteiger partial charge in [0.2, 0.25) is 0 Å². The molecule has 0 aliphatic rings. The van der Waals surface area contributed by atoms with E-state index in [4.69, 9.17) is 17.3 Å². The molecule has 1 aromatic heterocycles. The van der Waals surface area contributed by atoms with Gasteiger partial charge in [-0.3, -0.25) is 4.79 Å². The number of nitrogen functional groups attached to an aromatic ring is 1. The highest BCUT2D eigenvalue weighted by molar-refractivity contribution is 6.31. The summed E-state index contributed by atoms with van der Waals surface area (Å²) >= 11 is 5.96. The third kappa shape index (κ3) is 3.95. The topological polar surface area (TPSA) is 68.0 Å². The quantitative estimate of drug-likeness (QED) is 0.902. The summed E-state index contributed by atoms with van der Waals surface area (Å²) in [4.78, 5) is 16.6. The van der Waals surface area contributed by atoms with Crippen molar-refractivity contribution in [1.29, 1.82) is 0 Å². The molecule has 4 nitrogen and oxygen atoms in total. The fourth-order valence-corrected chi connectivity index (χ4v) is 2.22. The van der Waals surface area contributed by atoms with E-state index in [1.54, 1.807) is 24.3 Å². The molecule has 1 amide bonds. The number of carbonyl (C=O) groups excluding carboxylic acids is 1. The number of nitrogens with one attached hydrogen (secondary N) is 1. The number of pyridine rings is 1. The van der Waals surface area contributed by atoms with Crippen LogP contribution in [0.4, 0.5) is 11.5 Å². The second-order valence-electron chi connectivity index (χ2n) is 4.94. The first-order chi connectivity index (χ1) is 9.99. The van der Waals surface area contributed by atoms with Gasteiger partial charge in [0, 0.05) is 22.0 Å². The molecule has 0 aliphatic carbocycles. The van der Waals surface area contributed by atoms with Gasteiger partial charge in [-0.1, -0.05) is 31.0 Å². The Morgan fingerprint density at radius 3 is 2.81 bits per heavy atom. The summed E-state index contributed by atoms with van der Waals surface area (Å²) in [6.45, 7) is 3.97. The number of hydrogen-bond acceptors (Lipinski definition) is 3. The third-order valence-electron chi connectivity index (χ3n) is 3.11. The Bertz CT molecular complexity index is 671. The normalized spacial score (nSPS) is 10.4. The lowest BCUT2D eigenvalue weighted by Gasteiger charge is -2.10.